The number of rotatable bonds is 2. The van der Waals surface area contributed by atoms with Gasteiger partial charge in [-0.15, -0.1) is 0 Å². The van der Waals surface area contributed by atoms with Crippen LogP contribution in [0.3, 0.4) is 0 Å². The van der Waals surface area contributed by atoms with E-state index >= 15 is 0 Å². The third-order valence-electron chi connectivity index (χ3n) is 1.79. The van der Waals surface area contributed by atoms with Gasteiger partial charge in [0.2, 0.25) is 0 Å². The van der Waals surface area contributed by atoms with Gasteiger partial charge in [0, 0.05) is 0 Å². The maximum absolute atomic E-state index is 10.9. The number of hydrogen-bond acceptors (Lipinski definition) is 5. The number of aliphatic imine (C=N–C) groups is 1. The number of phenolic OH excluding ortho intramolecular Hbond substituents is 1. The Morgan fingerprint density at radius 2 is 2.29 bits per heavy atom. The molecule has 0 spiro atoms. The van der Waals surface area contributed by atoms with Crippen LogP contribution in [-0.4, -0.2) is 27.6 Å². The highest BCUT2D eigenvalue weighted by Crippen LogP contribution is 2.24. The molecule has 0 fully saturated rings. The van der Waals surface area contributed by atoms with Gasteiger partial charge in [0.15, 0.2) is 11.4 Å². The van der Waals surface area contributed by atoms with Gasteiger partial charge in [0.25, 0.3) is 0 Å². The Morgan fingerprint density at radius 1 is 1.59 bits per heavy atom. The smallest absolute Gasteiger partial charge is 0.338 e. The Labute approximate surface area is 102 Å². The van der Waals surface area contributed by atoms with Gasteiger partial charge >= 0.3 is 5.97 Å². The first kappa shape index (κ1) is 12.9. The van der Waals surface area contributed by atoms with Crippen LogP contribution in [0.1, 0.15) is 10.4 Å². The van der Waals surface area contributed by atoms with E-state index in [9.17, 15) is 9.90 Å². The van der Waals surface area contributed by atoms with E-state index in [1.807, 2.05) is 0 Å². The molecule has 0 aromatic heterocycles. The molecule has 7 heteroatoms. The minimum absolute atomic E-state index is 0.128. The maximum Gasteiger partial charge on any atom is 0.338 e. The normalized spacial score (nSPS) is 10.7. The molecule has 17 heavy (non-hydrogen) atoms. The van der Waals surface area contributed by atoms with Crippen LogP contribution in [0.25, 0.3) is 0 Å². The summed E-state index contributed by atoms with van der Waals surface area (Å²) in [5.74, 6) is -1.35. The number of aromatic carboxylic acids is 1. The van der Waals surface area contributed by atoms with Gasteiger partial charge < -0.3 is 10.2 Å². The molecule has 0 radical (unpaired) electrons. The molecular weight excluding hydrogens is 242 g/mol. The van der Waals surface area contributed by atoms with Crippen LogP contribution in [-0.2, 0) is 0 Å². The Balaban J connectivity index is 3.22. The van der Waals surface area contributed by atoms with Crippen LogP contribution in [0.2, 0.25) is 0 Å². The highest BCUT2D eigenvalue weighted by molar-refractivity contribution is 8.13. The average molecular weight is 251 g/mol. The van der Waals surface area contributed by atoms with E-state index in [4.69, 9.17) is 10.4 Å². The zero-order valence-electron chi connectivity index (χ0n) is 8.84. The monoisotopic (exact) mass is 251 g/mol. The highest BCUT2D eigenvalue weighted by Gasteiger charge is 2.11. The lowest BCUT2D eigenvalue weighted by atomic mass is 10.2. The predicted octanol–water partition coefficient (Wildman–Crippen LogP) is 1.51. The second-order valence-electron chi connectivity index (χ2n) is 2.86. The van der Waals surface area contributed by atoms with E-state index in [-0.39, 0.29) is 22.2 Å². The van der Waals surface area contributed by atoms with E-state index in [2.05, 4.69) is 10.3 Å². The van der Waals surface area contributed by atoms with Gasteiger partial charge in [-0.3, -0.25) is 5.32 Å². The third kappa shape index (κ3) is 3.39. The van der Waals surface area contributed by atoms with Crippen LogP contribution >= 0.6 is 11.8 Å². The molecule has 0 aliphatic carbocycles. The predicted molar refractivity (Wildman–Crippen MR) is 64.4 cm³/mol. The fourth-order valence-electron chi connectivity index (χ4n) is 1.07. The summed E-state index contributed by atoms with van der Waals surface area (Å²) in [5.41, 5.74) is 0.0405. The molecule has 0 amide bonds. The minimum Gasteiger partial charge on any atom is -0.508 e. The molecule has 0 unspecified atom stereocenters. The molecular formula is C10H9N3O3S. The lowest BCUT2D eigenvalue weighted by Crippen LogP contribution is -2.12. The van der Waals surface area contributed by atoms with E-state index in [0.29, 0.717) is 0 Å². The first-order valence-corrected chi connectivity index (χ1v) is 5.65. The van der Waals surface area contributed by atoms with Gasteiger partial charge in [-0.1, -0.05) is 11.8 Å². The van der Waals surface area contributed by atoms with Crippen LogP contribution in [0, 0.1) is 11.5 Å². The molecule has 0 atom stereocenters. The topological polar surface area (TPSA) is 106 Å². The molecule has 0 heterocycles. The summed E-state index contributed by atoms with van der Waals surface area (Å²) in [4.78, 5) is 14.9. The van der Waals surface area contributed by atoms with Crippen molar-refractivity contribution in [3.8, 4) is 11.9 Å². The fraction of sp³-hybridized carbons (Fsp3) is 0.100. The summed E-state index contributed by atoms with van der Waals surface area (Å²) < 4.78 is 0. The molecule has 0 aliphatic rings. The molecule has 0 aliphatic heterocycles. The van der Waals surface area contributed by atoms with Crippen LogP contribution in [0.15, 0.2) is 23.2 Å². The molecule has 0 bridgehead atoms. The van der Waals surface area contributed by atoms with Gasteiger partial charge in [0.05, 0.1) is 11.3 Å². The lowest BCUT2D eigenvalue weighted by Gasteiger charge is -2.04. The molecule has 1 aromatic rings. The Hall–Kier alpha value is -2.20. The number of hydrogen-bond donors (Lipinski definition) is 3. The maximum atomic E-state index is 10.9. The van der Waals surface area contributed by atoms with Crippen molar-refractivity contribution in [1.29, 1.82) is 5.26 Å². The second kappa shape index (κ2) is 5.77. The van der Waals surface area contributed by atoms with E-state index in [0.717, 1.165) is 6.07 Å². The van der Waals surface area contributed by atoms with Crippen molar-refractivity contribution >= 4 is 28.6 Å². The number of carboxylic acid groups (broad SMARTS) is 1. The molecule has 3 N–H and O–H groups in total. The summed E-state index contributed by atoms with van der Waals surface area (Å²) in [6.45, 7) is 0. The number of nitrogens with zero attached hydrogens (tertiary/aromatic N) is 2. The van der Waals surface area contributed by atoms with E-state index in [1.54, 1.807) is 12.4 Å². The summed E-state index contributed by atoms with van der Waals surface area (Å²) in [6.07, 6.45) is 3.40. The summed E-state index contributed by atoms with van der Waals surface area (Å²) >= 11 is 1.17. The SMILES string of the molecule is CSC(=Nc1ccc(O)cc1C(=O)O)NC#N. The van der Waals surface area contributed by atoms with Gasteiger partial charge in [0.1, 0.15) is 5.75 Å². The largest absolute Gasteiger partial charge is 0.508 e. The molecule has 6 nitrogen and oxygen atoms in total. The third-order valence-corrected chi connectivity index (χ3v) is 2.37. The van der Waals surface area contributed by atoms with Gasteiger partial charge in [-0.25, -0.2) is 9.79 Å². The molecule has 1 rings (SSSR count). The average Bonchev–Trinajstić information content (AvgIpc) is 2.30. The standard InChI is InChI=1S/C10H9N3O3S/c1-17-10(12-5-11)13-8-3-2-6(14)4-7(8)9(15)16/h2-4,14H,1H3,(H,12,13)(H,15,16). The zero-order chi connectivity index (χ0) is 12.8. The van der Waals surface area contributed by atoms with Crippen molar-refractivity contribution in [2.75, 3.05) is 6.26 Å². The van der Waals surface area contributed by atoms with Crippen molar-refractivity contribution < 1.29 is 15.0 Å². The number of amidine groups is 1. The Morgan fingerprint density at radius 3 is 2.82 bits per heavy atom. The number of nitrogens with one attached hydrogen (secondary N) is 1. The first-order chi connectivity index (χ1) is 8.08. The number of thioether (sulfide) groups is 1. The fourth-order valence-corrected chi connectivity index (χ4v) is 1.41. The number of nitriles is 1. The number of benzene rings is 1. The van der Waals surface area contributed by atoms with Gasteiger partial charge in [-0.05, 0) is 24.5 Å². The molecule has 0 saturated heterocycles. The van der Waals surface area contributed by atoms with Crippen LogP contribution in [0.5, 0.6) is 5.75 Å². The van der Waals surface area contributed by atoms with Crippen LogP contribution in [0.4, 0.5) is 5.69 Å². The Kier molecular flexibility index (Phi) is 4.37. The summed E-state index contributed by atoms with van der Waals surface area (Å²) in [7, 11) is 0. The number of carbonyl (C=O) groups is 1. The number of carboxylic acids is 1. The van der Waals surface area contributed by atoms with Crippen molar-refractivity contribution in [3.05, 3.63) is 23.8 Å². The van der Waals surface area contributed by atoms with Gasteiger partial charge in [-0.2, -0.15) is 5.26 Å². The second-order valence-corrected chi connectivity index (χ2v) is 3.66. The lowest BCUT2D eigenvalue weighted by molar-refractivity contribution is 0.0697. The summed E-state index contributed by atoms with van der Waals surface area (Å²) in [6, 6.07) is 3.80. The minimum atomic E-state index is -1.20. The quantitative estimate of drug-likeness (QED) is 0.318. The first-order valence-electron chi connectivity index (χ1n) is 4.42. The van der Waals surface area contributed by atoms with Crippen molar-refractivity contribution in [3.63, 3.8) is 0 Å². The Bertz CT molecular complexity index is 508. The van der Waals surface area contributed by atoms with Crippen molar-refractivity contribution in [2.24, 2.45) is 4.99 Å². The zero-order valence-corrected chi connectivity index (χ0v) is 9.65. The van der Waals surface area contributed by atoms with Crippen molar-refractivity contribution in [1.82, 2.24) is 5.32 Å². The van der Waals surface area contributed by atoms with Crippen LogP contribution < -0.4 is 5.32 Å². The summed E-state index contributed by atoms with van der Waals surface area (Å²) in [5, 5.41) is 29.2. The number of phenols is 1. The molecule has 1 aromatic carbocycles. The van der Waals surface area contributed by atoms with E-state index < -0.39 is 5.97 Å². The molecule has 0 saturated carbocycles. The molecule has 88 valence electrons. The van der Waals surface area contributed by atoms with Crippen molar-refractivity contribution in [2.45, 2.75) is 0 Å². The number of aromatic hydroxyl groups is 1. The van der Waals surface area contributed by atoms with E-state index in [1.165, 1.54) is 23.9 Å². The highest BCUT2D eigenvalue weighted by atomic mass is 32.2.